The molecule has 210 valence electrons. The summed E-state index contributed by atoms with van der Waals surface area (Å²) in [5.74, 6) is 0. The van der Waals surface area contributed by atoms with Gasteiger partial charge in [-0.2, -0.15) is 0 Å². The highest BCUT2D eigenvalue weighted by Gasteiger charge is 2.28. The molecule has 0 aliphatic heterocycles. The third-order valence-electron chi connectivity index (χ3n) is 7.58. The molecule has 0 atom stereocenters. The zero-order valence-electron chi connectivity index (χ0n) is 21.9. The number of rotatable bonds is 4. The third-order valence-corrected chi connectivity index (χ3v) is 10.0. The molecule has 0 unspecified atom stereocenters. The molecule has 0 amide bonds. The van der Waals surface area contributed by atoms with Gasteiger partial charge in [0, 0.05) is 21.5 Å². The Balaban J connectivity index is 1.84. The lowest BCUT2D eigenvalue weighted by atomic mass is 9.99. The van der Waals surface area contributed by atoms with Gasteiger partial charge in [0.25, 0.3) is 0 Å². The van der Waals surface area contributed by atoms with Crippen molar-refractivity contribution in [1.29, 1.82) is 0 Å². The van der Waals surface area contributed by atoms with Crippen molar-refractivity contribution in [3.63, 3.8) is 0 Å². The molecule has 16 heteroatoms. The topological polar surface area (TPSA) is 186 Å². The fourth-order valence-corrected chi connectivity index (χ4v) is 7.36. The van der Waals surface area contributed by atoms with E-state index in [1.807, 2.05) is 0 Å². The number of benzene rings is 6. The molecule has 0 aliphatic rings. The molecule has 0 bridgehead atoms. The van der Waals surface area contributed by atoms with Crippen LogP contribution in [0.15, 0.2) is 89.6 Å². The molecule has 1 aromatic heterocycles. The Morgan fingerprint density at radius 3 is 1.09 bits per heavy atom. The van der Waals surface area contributed by atoms with Crippen molar-refractivity contribution in [1.82, 2.24) is 19.2 Å². The number of hydrogen-bond acceptors (Lipinski definition) is 10. The Labute approximate surface area is 248 Å². The number of hydrogen-bond donors (Lipinski definition) is 2. The molecular weight excluding hydrogens is 606 g/mol. The standard InChI is InChI=1S/C28H12B2N4O8S2/c29-33-43(39,40)17-9-15-23(21-19(17)25(35)11-5-1-3-7-13(11)27(21)37)31-16-10-18(44(41,42)34-30)20-22(24(16)32-15)28(38)14-8-4-2-6-12(14)26(20)36/h1-10,33-34H. The normalized spacial score (nSPS) is 12.7. The van der Waals surface area contributed by atoms with E-state index in [9.17, 15) is 36.0 Å². The predicted octanol–water partition coefficient (Wildman–Crippen LogP) is 0.436. The summed E-state index contributed by atoms with van der Waals surface area (Å²) in [6.07, 6.45) is 0. The summed E-state index contributed by atoms with van der Waals surface area (Å²) in [5.41, 5.74) is -4.11. The first-order valence-electron chi connectivity index (χ1n) is 12.6. The first kappa shape index (κ1) is 27.9. The monoisotopic (exact) mass is 618 g/mol. The quantitative estimate of drug-likeness (QED) is 0.159. The highest BCUT2D eigenvalue weighted by molar-refractivity contribution is 7.90. The SMILES string of the molecule is [B]NS(=O)(=O)c1cc2nc3c(cc(S(=O)(=O)N[B])c4c(=O)c5ccccc5c(=O)c43)nc2c2c(=O)c3ccccc3c(=O)c12. The van der Waals surface area contributed by atoms with Crippen LogP contribution in [-0.2, 0) is 20.0 Å². The minimum Gasteiger partial charge on any atom is -0.289 e. The summed E-state index contributed by atoms with van der Waals surface area (Å²) >= 11 is 0. The zero-order valence-corrected chi connectivity index (χ0v) is 23.5. The van der Waals surface area contributed by atoms with Crippen LogP contribution in [0.5, 0.6) is 0 Å². The van der Waals surface area contributed by atoms with E-state index < -0.39 is 73.1 Å². The number of aromatic nitrogens is 2. The van der Waals surface area contributed by atoms with Gasteiger partial charge in [0.1, 0.15) is 11.0 Å². The van der Waals surface area contributed by atoms with Gasteiger partial charge in [0.2, 0.25) is 36.0 Å². The average Bonchev–Trinajstić information content (AvgIpc) is 3.03. The molecule has 6 aromatic carbocycles. The van der Waals surface area contributed by atoms with Gasteiger partial charge < -0.3 is 0 Å². The Morgan fingerprint density at radius 2 is 0.795 bits per heavy atom. The number of sulfonamides is 2. The summed E-state index contributed by atoms with van der Waals surface area (Å²) in [4.78, 5) is 62.5. The second-order valence-corrected chi connectivity index (χ2v) is 13.2. The van der Waals surface area contributed by atoms with Crippen LogP contribution < -0.4 is 31.0 Å². The molecule has 12 nitrogen and oxygen atoms in total. The van der Waals surface area contributed by atoms with Crippen LogP contribution in [0.25, 0.3) is 65.2 Å². The van der Waals surface area contributed by atoms with Crippen molar-refractivity contribution in [2.24, 2.45) is 0 Å². The smallest absolute Gasteiger partial charge is 0.230 e. The predicted molar refractivity (Wildman–Crippen MR) is 167 cm³/mol. The molecule has 0 aliphatic carbocycles. The summed E-state index contributed by atoms with van der Waals surface area (Å²) < 4.78 is 55.6. The van der Waals surface area contributed by atoms with E-state index in [1.165, 1.54) is 48.5 Å². The van der Waals surface area contributed by atoms with Gasteiger partial charge >= 0.3 is 0 Å². The van der Waals surface area contributed by atoms with Crippen molar-refractivity contribution in [2.75, 3.05) is 0 Å². The Hall–Kier alpha value is -4.89. The highest BCUT2D eigenvalue weighted by Crippen LogP contribution is 2.32. The van der Waals surface area contributed by atoms with Crippen LogP contribution in [0, 0.1) is 0 Å². The second-order valence-electron chi connectivity index (χ2n) is 9.86. The van der Waals surface area contributed by atoms with Crippen LogP contribution in [0.2, 0.25) is 0 Å². The molecule has 7 aromatic rings. The van der Waals surface area contributed by atoms with E-state index in [1.54, 1.807) is 9.27 Å². The van der Waals surface area contributed by atoms with Gasteiger partial charge in [-0.1, -0.05) is 48.5 Å². The van der Waals surface area contributed by atoms with Gasteiger partial charge in [-0.15, -0.1) is 0 Å². The number of nitrogens with zero attached hydrogens (tertiary/aromatic N) is 2. The van der Waals surface area contributed by atoms with Crippen molar-refractivity contribution in [3.05, 3.63) is 102 Å². The Morgan fingerprint density at radius 1 is 0.500 bits per heavy atom. The molecule has 2 N–H and O–H groups in total. The molecule has 1 heterocycles. The molecule has 0 spiro atoms. The molecule has 0 fully saturated rings. The molecule has 4 radical (unpaired) electrons. The maximum absolute atomic E-state index is 13.8. The first-order valence-corrected chi connectivity index (χ1v) is 15.5. The van der Waals surface area contributed by atoms with E-state index in [-0.39, 0.29) is 43.6 Å². The maximum Gasteiger partial charge on any atom is 0.230 e. The van der Waals surface area contributed by atoms with Crippen LogP contribution in [0.3, 0.4) is 0 Å². The van der Waals surface area contributed by atoms with E-state index in [4.69, 9.17) is 16.0 Å². The Bertz CT molecular complexity index is 2730. The summed E-state index contributed by atoms with van der Waals surface area (Å²) in [6.45, 7) is 0. The fraction of sp³-hybridized carbons (Fsp3) is 0. The molecule has 0 saturated carbocycles. The largest absolute Gasteiger partial charge is 0.289 e. The average molecular weight is 618 g/mol. The minimum absolute atomic E-state index is 0.0260. The number of nitrogens with one attached hydrogen (secondary N) is 2. The van der Waals surface area contributed by atoms with Gasteiger partial charge in [0.05, 0.1) is 42.4 Å². The van der Waals surface area contributed by atoms with Gasteiger partial charge in [0.15, 0.2) is 21.7 Å². The lowest BCUT2D eigenvalue weighted by Crippen LogP contribution is -2.25. The summed E-state index contributed by atoms with van der Waals surface area (Å²) in [5, 5.41) is -2.01. The van der Waals surface area contributed by atoms with Crippen LogP contribution in [0.1, 0.15) is 0 Å². The van der Waals surface area contributed by atoms with Crippen molar-refractivity contribution >= 4 is 101 Å². The highest BCUT2D eigenvalue weighted by atomic mass is 32.2. The van der Waals surface area contributed by atoms with Crippen LogP contribution in [-0.4, -0.2) is 42.8 Å². The van der Waals surface area contributed by atoms with E-state index >= 15 is 0 Å². The summed E-state index contributed by atoms with van der Waals surface area (Å²) in [7, 11) is 1.42. The van der Waals surface area contributed by atoms with Gasteiger partial charge in [-0.25, -0.2) is 26.8 Å². The zero-order chi connectivity index (χ0) is 31.3. The van der Waals surface area contributed by atoms with Crippen molar-refractivity contribution in [3.8, 4) is 0 Å². The van der Waals surface area contributed by atoms with Gasteiger partial charge in [-0.05, 0) is 12.1 Å². The molecule has 7 rings (SSSR count). The molecular formula is C28H12B2N4O8S2. The number of fused-ring (bicyclic) bond motifs is 8. The van der Waals surface area contributed by atoms with Gasteiger partial charge in [-0.3, -0.25) is 28.4 Å². The van der Waals surface area contributed by atoms with E-state index in [0.29, 0.717) is 0 Å². The lowest BCUT2D eigenvalue weighted by molar-refractivity contribution is 0.593. The van der Waals surface area contributed by atoms with E-state index in [0.717, 1.165) is 12.1 Å². The lowest BCUT2D eigenvalue weighted by Gasteiger charge is -2.13. The third kappa shape index (κ3) is 3.65. The first-order chi connectivity index (χ1) is 20.9. The van der Waals surface area contributed by atoms with Crippen LogP contribution >= 0.6 is 0 Å². The van der Waals surface area contributed by atoms with Crippen LogP contribution in [0.4, 0.5) is 0 Å². The Kier molecular flexibility index (Phi) is 5.90. The van der Waals surface area contributed by atoms with E-state index in [2.05, 4.69) is 9.97 Å². The van der Waals surface area contributed by atoms with Crippen molar-refractivity contribution in [2.45, 2.75) is 9.79 Å². The molecule has 44 heavy (non-hydrogen) atoms. The van der Waals surface area contributed by atoms with Crippen molar-refractivity contribution < 1.29 is 16.8 Å². The molecule has 0 saturated heterocycles. The minimum atomic E-state index is -4.59. The maximum atomic E-state index is 13.8. The second kappa shape index (κ2) is 9.30. The summed E-state index contributed by atoms with van der Waals surface area (Å²) in [6, 6.07) is 13.5. The fourth-order valence-electron chi connectivity index (χ4n) is 5.65.